The lowest BCUT2D eigenvalue weighted by Crippen LogP contribution is -2.32. The molecule has 0 aliphatic heterocycles. The number of benzene rings is 2. The molecule has 2 amide bonds. The number of ether oxygens (including phenoxy) is 1. The summed E-state index contributed by atoms with van der Waals surface area (Å²) in [6.07, 6.45) is 0. The lowest BCUT2D eigenvalue weighted by atomic mass is 10.2. The SMILES string of the molecule is Cc1ccc(NC(=O)NCCOc2ccc(Cl)cc2)cc1[N+](=O)[O-]. The Morgan fingerprint density at radius 3 is 2.62 bits per heavy atom. The van der Waals surface area contributed by atoms with Crippen LogP contribution in [0.15, 0.2) is 42.5 Å². The van der Waals surface area contributed by atoms with Crippen LogP contribution in [0.1, 0.15) is 5.56 Å². The van der Waals surface area contributed by atoms with Crippen molar-refractivity contribution >= 4 is 29.0 Å². The van der Waals surface area contributed by atoms with Crippen LogP contribution in [0.2, 0.25) is 5.02 Å². The van der Waals surface area contributed by atoms with Gasteiger partial charge in [-0.15, -0.1) is 0 Å². The van der Waals surface area contributed by atoms with E-state index in [1.54, 1.807) is 43.3 Å². The van der Waals surface area contributed by atoms with Crippen LogP contribution >= 0.6 is 11.6 Å². The molecular weight excluding hydrogens is 334 g/mol. The minimum absolute atomic E-state index is 0.0427. The molecule has 0 fully saturated rings. The number of nitro benzene ring substituents is 1. The summed E-state index contributed by atoms with van der Waals surface area (Å²) in [6, 6.07) is 10.9. The zero-order valence-corrected chi connectivity index (χ0v) is 13.7. The fraction of sp³-hybridized carbons (Fsp3) is 0.188. The fourth-order valence-corrected chi connectivity index (χ4v) is 2.05. The van der Waals surface area contributed by atoms with E-state index in [9.17, 15) is 14.9 Å². The molecule has 0 saturated carbocycles. The predicted molar refractivity (Wildman–Crippen MR) is 91.8 cm³/mol. The van der Waals surface area contributed by atoms with E-state index in [2.05, 4.69) is 10.6 Å². The maximum Gasteiger partial charge on any atom is 0.319 e. The van der Waals surface area contributed by atoms with Gasteiger partial charge >= 0.3 is 6.03 Å². The molecule has 0 unspecified atom stereocenters. The number of nitrogens with zero attached hydrogens (tertiary/aromatic N) is 1. The summed E-state index contributed by atoms with van der Waals surface area (Å²) in [5.74, 6) is 0.649. The Balaban J connectivity index is 1.78. The van der Waals surface area contributed by atoms with Crippen LogP contribution in [0, 0.1) is 17.0 Å². The zero-order chi connectivity index (χ0) is 17.5. The molecule has 0 aliphatic rings. The Hall–Kier alpha value is -2.80. The number of amides is 2. The first-order valence-corrected chi connectivity index (χ1v) is 7.52. The van der Waals surface area contributed by atoms with E-state index in [1.165, 1.54) is 6.07 Å². The number of carbonyl (C=O) groups excluding carboxylic acids is 1. The minimum atomic E-state index is -0.488. The van der Waals surface area contributed by atoms with Gasteiger partial charge in [-0.05, 0) is 37.3 Å². The van der Waals surface area contributed by atoms with Crippen LogP contribution in [-0.2, 0) is 0 Å². The van der Waals surface area contributed by atoms with Gasteiger partial charge in [0.05, 0.1) is 11.5 Å². The van der Waals surface area contributed by atoms with E-state index in [0.717, 1.165) is 0 Å². The van der Waals surface area contributed by atoms with Crippen molar-refractivity contribution in [3.63, 3.8) is 0 Å². The molecular formula is C16H16ClN3O4. The summed E-state index contributed by atoms with van der Waals surface area (Å²) in [4.78, 5) is 22.2. The van der Waals surface area contributed by atoms with Gasteiger partial charge in [-0.25, -0.2) is 4.79 Å². The van der Waals surface area contributed by atoms with Gasteiger partial charge in [-0.2, -0.15) is 0 Å². The summed E-state index contributed by atoms with van der Waals surface area (Å²) in [5.41, 5.74) is 0.838. The number of aryl methyl sites for hydroxylation is 1. The largest absolute Gasteiger partial charge is 0.492 e. The third-order valence-electron chi connectivity index (χ3n) is 3.13. The van der Waals surface area contributed by atoms with Crippen LogP contribution in [0.25, 0.3) is 0 Å². The number of carbonyl (C=O) groups is 1. The summed E-state index contributed by atoms with van der Waals surface area (Å²) >= 11 is 5.77. The number of nitrogens with one attached hydrogen (secondary N) is 2. The van der Waals surface area contributed by atoms with E-state index >= 15 is 0 Å². The maximum absolute atomic E-state index is 11.8. The third-order valence-corrected chi connectivity index (χ3v) is 3.39. The van der Waals surface area contributed by atoms with Crippen LogP contribution in [0.5, 0.6) is 5.75 Å². The molecule has 0 aromatic heterocycles. The number of anilines is 1. The topological polar surface area (TPSA) is 93.5 Å². The first kappa shape index (κ1) is 17.6. The highest BCUT2D eigenvalue weighted by atomic mass is 35.5. The summed E-state index contributed by atoms with van der Waals surface area (Å²) in [6.45, 7) is 2.20. The molecule has 0 saturated heterocycles. The third kappa shape index (κ3) is 5.13. The second-order valence-corrected chi connectivity index (χ2v) is 5.38. The van der Waals surface area contributed by atoms with Gasteiger partial charge in [0.1, 0.15) is 12.4 Å². The van der Waals surface area contributed by atoms with Crippen molar-refractivity contribution in [1.29, 1.82) is 0 Å². The van der Waals surface area contributed by atoms with Crippen molar-refractivity contribution in [3.8, 4) is 5.75 Å². The van der Waals surface area contributed by atoms with Gasteiger partial charge in [0.25, 0.3) is 5.69 Å². The molecule has 2 N–H and O–H groups in total. The zero-order valence-electron chi connectivity index (χ0n) is 12.9. The number of urea groups is 1. The highest BCUT2D eigenvalue weighted by Crippen LogP contribution is 2.22. The van der Waals surface area contributed by atoms with Gasteiger partial charge in [-0.3, -0.25) is 10.1 Å². The van der Waals surface area contributed by atoms with Crippen LogP contribution < -0.4 is 15.4 Å². The molecule has 2 aromatic carbocycles. The highest BCUT2D eigenvalue weighted by Gasteiger charge is 2.12. The van der Waals surface area contributed by atoms with E-state index in [-0.39, 0.29) is 18.8 Å². The lowest BCUT2D eigenvalue weighted by Gasteiger charge is -2.09. The molecule has 0 heterocycles. The number of halogens is 1. The maximum atomic E-state index is 11.8. The molecule has 0 aliphatic carbocycles. The molecule has 0 spiro atoms. The van der Waals surface area contributed by atoms with Gasteiger partial charge in [0.2, 0.25) is 0 Å². The number of hydrogen-bond acceptors (Lipinski definition) is 4. The molecule has 0 radical (unpaired) electrons. The Labute approximate surface area is 143 Å². The standard InChI is InChI=1S/C16H16ClN3O4/c1-11-2-5-13(10-15(11)20(22)23)19-16(21)18-8-9-24-14-6-3-12(17)4-7-14/h2-7,10H,8-9H2,1H3,(H2,18,19,21). The average Bonchev–Trinajstić information content (AvgIpc) is 2.55. The van der Waals surface area contributed by atoms with E-state index in [1.807, 2.05) is 0 Å². The Bertz CT molecular complexity index is 735. The number of hydrogen-bond donors (Lipinski definition) is 2. The normalized spacial score (nSPS) is 10.1. The van der Waals surface area contributed by atoms with Gasteiger partial charge < -0.3 is 15.4 Å². The van der Waals surface area contributed by atoms with Crippen molar-refractivity contribution in [2.45, 2.75) is 6.92 Å². The van der Waals surface area contributed by atoms with Crippen molar-refractivity contribution in [2.75, 3.05) is 18.5 Å². The summed E-state index contributed by atoms with van der Waals surface area (Å²) in [7, 11) is 0. The van der Waals surface area contributed by atoms with Crippen molar-refractivity contribution in [1.82, 2.24) is 5.32 Å². The van der Waals surface area contributed by atoms with Crippen LogP contribution in [0.3, 0.4) is 0 Å². The molecule has 126 valence electrons. The Kier molecular flexibility index (Phi) is 5.97. The minimum Gasteiger partial charge on any atom is -0.492 e. The Morgan fingerprint density at radius 1 is 1.25 bits per heavy atom. The fourth-order valence-electron chi connectivity index (χ4n) is 1.92. The summed E-state index contributed by atoms with van der Waals surface area (Å²) in [5, 5.41) is 16.6. The number of rotatable bonds is 6. The molecule has 0 atom stereocenters. The predicted octanol–water partition coefficient (Wildman–Crippen LogP) is 3.76. The average molecular weight is 350 g/mol. The second-order valence-electron chi connectivity index (χ2n) is 4.94. The molecule has 0 bridgehead atoms. The number of nitro groups is 1. The quantitative estimate of drug-likeness (QED) is 0.471. The van der Waals surface area contributed by atoms with Crippen molar-refractivity contribution in [3.05, 3.63) is 63.2 Å². The highest BCUT2D eigenvalue weighted by molar-refractivity contribution is 6.30. The van der Waals surface area contributed by atoms with Crippen molar-refractivity contribution < 1.29 is 14.5 Å². The van der Waals surface area contributed by atoms with Gasteiger partial charge in [0.15, 0.2) is 0 Å². The molecule has 24 heavy (non-hydrogen) atoms. The monoisotopic (exact) mass is 349 g/mol. The lowest BCUT2D eigenvalue weighted by molar-refractivity contribution is -0.385. The van der Waals surface area contributed by atoms with Crippen LogP contribution in [0.4, 0.5) is 16.2 Å². The first-order valence-electron chi connectivity index (χ1n) is 7.14. The molecule has 7 nitrogen and oxygen atoms in total. The van der Waals surface area contributed by atoms with E-state index in [0.29, 0.717) is 22.0 Å². The Morgan fingerprint density at radius 2 is 1.96 bits per heavy atom. The van der Waals surface area contributed by atoms with Gasteiger partial charge in [0, 0.05) is 22.3 Å². The summed E-state index contributed by atoms with van der Waals surface area (Å²) < 4.78 is 5.44. The molecule has 2 aromatic rings. The van der Waals surface area contributed by atoms with Gasteiger partial charge in [-0.1, -0.05) is 17.7 Å². The molecule has 2 rings (SSSR count). The smallest absolute Gasteiger partial charge is 0.319 e. The van der Waals surface area contributed by atoms with E-state index < -0.39 is 11.0 Å². The van der Waals surface area contributed by atoms with E-state index in [4.69, 9.17) is 16.3 Å². The van der Waals surface area contributed by atoms with Crippen molar-refractivity contribution in [2.24, 2.45) is 0 Å². The second kappa shape index (κ2) is 8.16. The molecule has 8 heteroatoms. The van der Waals surface area contributed by atoms with Crippen LogP contribution in [-0.4, -0.2) is 24.1 Å². The first-order chi connectivity index (χ1) is 11.5.